The first-order valence-electron chi connectivity index (χ1n) is 7.27. The Hall–Kier alpha value is -2.67. The topological polar surface area (TPSA) is 75.5 Å². The van der Waals surface area contributed by atoms with E-state index in [0.29, 0.717) is 28.4 Å². The molecule has 6 nitrogen and oxygen atoms in total. The summed E-state index contributed by atoms with van der Waals surface area (Å²) >= 11 is 3.40. The van der Waals surface area contributed by atoms with Crippen LogP contribution in [-0.4, -0.2) is 21.2 Å². The van der Waals surface area contributed by atoms with Crippen LogP contribution in [0.4, 0.5) is 11.4 Å². The van der Waals surface area contributed by atoms with Crippen LogP contribution in [0.1, 0.15) is 23.1 Å². The fourth-order valence-electron chi connectivity index (χ4n) is 2.44. The fourth-order valence-corrected chi connectivity index (χ4v) is 2.78. The number of amides is 2. The molecular formula is C17H15BrN4O2. The molecule has 7 heteroatoms. The lowest BCUT2D eigenvalue weighted by atomic mass is 10.2. The summed E-state index contributed by atoms with van der Waals surface area (Å²) in [5.41, 5.74) is 3.16. The van der Waals surface area contributed by atoms with Gasteiger partial charge in [0.05, 0.1) is 5.69 Å². The lowest BCUT2D eigenvalue weighted by Crippen LogP contribution is -2.15. The predicted molar refractivity (Wildman–Crippen MR) is 96.3 cm³/mol. The molecule has 3 rings (SSSR count). The standard InChI is InChI=1S/C17H15BrN4O2/c1-10-16(22-9-12(18)3-8-15(22)19-10)17(24)21-14-6-4-13(5-7-14)20-11(2)23/h3-9H,1-2H3,(H,20,23)(H,21,24). The lowest BCUT2D eigenvalue weighted by Gasteiger charge is -2.08. The van der Waals surface area contributed by atoms with Gasteiger partial charge in [0.2, 0.25) is 5.91 Å². The number of carbonyl (C=O) groups excluding carboxylic acids is 2. The molecule has 0 fully saturated rings. The number of rotatable bonds is 3. The van der Waals surface area contributed by atoms with Crippen LogP contribution < -0.4 is 10.6 Å². The van der Waals surface area contributed by atoms with E-state index < -0.39 is 0 Å². The average molecular weight is 387 g/mol. The summed E-state index contributed by atoms with van der Waals surface area (Å²) < 4.78 is 2.61. The SMILES string of the molecule is CC(=O)Nc1ccc(NC(=O)c2c(C)nc3ccc(Br)cn23)cc1. The maximum atomic E-state index is 12.6. The van der Waals surface area contributed by atoms with E-state index in [2.05, 4.69) is 31.5 Å². The Morgan fingerprint density at radius 3 is 2.29 bits per heavy atom. The monoisotopic (exact) mass is 386 g/mol. The summed E-state index contributed by atoms with van der Waals surface area (Å²) in [7, 11) is 0. The van der Waals surface area contributed by atoms with E-state index in [1.807, 2.05) is 18.3 Å². The minimum atomic E-state index is -0.245. The number of fused-ring (bicyclic) bond motifs is 1. The third kappa shape index (κ3) is 3.30. The van der Waals surface area contributed by atoms with Crippen LogP contribution in [0.15, 0.2) is 47.1 Å². The molecular weight excluding hydrogens is 372 g/mol. The van der Waals surface area contributed by atoms with Crippen LogP contribution in [0.25, 0.3) is 5.65 Å². The van der Waals surface area contributed by atoms with E-state index in [9.17, 15) is 9.59 Å². The third-order valence-corrected chi connectivity index (χ3v) is 3.90. The molecule has 0 aliphatic carbocycles. The van der Waals surface area contributed by atoms with Gasteiger partial charge in [-0.1, -0.05) is 0 Å². The smallest absolute Gasteiger partial charge is 0.274 e. The maximum absolute atomic E-state index is 12.6. The number of halogens is 1. The number of benzene rings is 1. The molecule has 24 heavy (non-hydrogen) atoms. The number of hydrogen-bond donors (Lipinski definition) is 2. The first-order chi connectivity index (χ1) is 11.4. The molecule has 2 heterocycles. The van der Waals surface area contributed by atoms with Crippen molar-refractivity contribution in [1.29, 1.82) is 0 Å². The van der Waals surface area contributed by atoms with E-state index in [1.54, 1.807) is 35.6 Å². The molecule has 2 amide bonds. The van der Waals surface area contributed by atoms with E-state index >= 15 is 0 Å². The zero-order chi connectivity index (χ0) is 17.3. The molecule has 2 N–H and O–H groups in total. The van der Waals surface area contributed by atoms with Gasteiger partial charge in [-0.25, -0.2) is 4.98 Å². The summed E-state index contributed by atoms with van der Waals surface area (Å²) in [6.07, 6.45) is 1.81. The van der Waals surface area contributed by atoms with Crippen LogP contribution in [0.2, 0.25) is 0 Å². The number of pyridine rings is 1. The molecule has 1 aromatic carbocycles. The summed E-state index contributed by atoms with van der Waals surface area (Å²) in [6, 6.07) is 10.7. The minimum Gasteiger partial charge on any atom is -0.326 e. The Labute approximate surface area is 147 Å². The quantitative estimate of drug-likeness (QED) is 0.721. The zero-order valence-electron chi connectivity index (χ0n) is 13.1. The Morgan fingerprint density at radius 2 is 1.67 bits per heavy atom. The van der Waals surface area contributed by atoms with Crippen molar-refractivity contribution in [2.45, 2.75) is 13.8 Å². The molecule has 0 saturated carbocycles. The van der Waals surface area contributed by atoms with E-state index in [0.717, 1.165) is 4.47 Å². The molecule has 2 aromatic heterocycles. The van der Waals surface area contributed by atoms with Crippen molar-refractivity contribution in [3.63, 3.8) is 0 Å². The van der Waals surface area contributed by atoms with Crippen molar-refractivity contribution < 1.29 is 9.59 Å². The van der Waals surface area contributed by atoms with Gasteiger partial charge in [-0.05, 0) is 59.3 Å². The third-order valence-electron chi connectivity index (χ3n) is 3.43. The van der Waals surface area contributed by atoms with Gasteiger partial charge in [0.1, 0.15) is 11.3 Å². The minimum absolute atomic E-state index is 0.140. The van der Waals surface area contributed by atoms with E-state index in [-0.39, 0.29) is 11.8 Å². The van der Waals surface area contributed by atoms with Gasteiger partial charge in [-0.15, -0.1) is 0 Å². The maximum Gasteiger partial charge on any atom is 0.274 e. The number of imidazole rings is 1. The van der Waals surface area contributed by atoms with Gasteiger partial charge in [0.15, 0.2) is 0 Å². The van der Waals surface area contributed by atoms with Crippen molar-refractivity contribution >= 4 is 44.8 Å². The predicted octanol–water partition coefficient (Wildman–Crippen LogP) is 3.62. The molecule has 0 bridgehead atoms. The molecule has 0 aliphatic heterocycles. The number of anilines is 2. The second-order valence-corrected chi connectivity index (χ2v) is 6.25. The molecule has 0 atom stereocenters. The lowest BCUT2D eigenvalue weighted by molar-refractivity contribution is -0.114. The van der Waals surface area contributed by atoms with Gasteiger partial charge >= 0.3 is 0 Å². The molecule has 122 valence electrons. The second-order valence-electron chi connectivity index (χ2n) is 5.33. The van der Waals surface area contributed by atoms with Crippen molar-refractivity contribution in [3.8, 4) is 0 Å². The van der Waals surface area contributed by atoms with E-state index in [1.165, 1.54) is 6.92 Å². The van der Waals surface area contributed by atoms with Crippen molar-refractivity contribution in [3.05, 3.63) is 58.5 Å². The van der Waals surface area contributed by atoms with Crippen molar-refractivity contribution in [2.24, 2.45) is 0 Å². The van der Waals surface area contributed by atoms with Gasteiger partial charge in [-0.2, -0.15) is 0 Å². The summed E-state index contributed by atoms with van der Waals surface area (Å²) in [5, 5.41) is 5.53. The van der Waals surface area contributed by atoms with Crippen LogP contribution in [0.3, 0.4) is 0 Å². The number of nitrogens with one attached hydrogen (secondary N) is 2. The van der Waals surface area contributed by atoms with Crippen LogP contribution in [0, 0.1) is 6.92 Å². The highest BCUT2D eigenvalue weighted by molar-refractivity contribution is 9.10. The highest BCUT2D eigenvalue weighted by atomic mass is 79.9. The normalized spacial score (nSPS) is 10.6. The largest absolute Gasteiger partial charge is 0.326 e. The first kappa shape index (κ1) is 16.2. The molecule has 0 spiro atoms. The highest BCUT2D eigenvalue weighted by Crippen LogP contribution is 2.19. The first-order valence-corrected chi connectivity index (χ1v) is 8.06. The van der Waals surface area contributed by atoms with Gasteiger partial charge in [0.25, 0.3) is 5.91 Å². The Balaban J connectivity index is 1.86. The Kier molecular flexibility index (Phi) is 4.35. The van der Waals surface area contributed by atoms with Gasteiger partial charge in [-0.3, -0.25) is 14.0 Å². The van der Waals surface area contributed by atoms with Gasteiger partial charge in [0, 0.05) is 29.0 Å². The van der Waals surface area contributed by atoms with Crippen LogP contribution >= 0.6 is 15.9 Å². The number of aryl methyl sites for hydroxylation is 1. The van der Waals surface area contributed by atoms with Crippen LogP contribution in [0.5, 0.6) is 0 Å². The zero-order valence-corrected chi connectivity index (χ0v) is 14.7. The Bertz CT molecular complexity index is 932. The molecule has 0 radical (unpaired) electrons. The summed E-state index contributed by atoms with van der Waals surface area (Å²) in [4.78, 5) is 28.1. The number of nitrogens with zero attached hydrogens (tertiary/aromatic N) is 2. The number of aromatic nitrogens is 2. The van der Waals surface area contributed by atoms with Gasteiger partial charge < -0.3 is 10.6 Å². The van der Waals surface area contributed by atoms with Crippen LogP contribution in [-0.2, 0) is 4.79 Å². The molecule has 0 aliphatic rings. The molecule has 0 unspecified atom stereocenters. The number of hydrogen-bond acceptors (Lipinski definition) is 3. The number of carbonyl (C=O) groups is 2. The average Bonchev–Trinajstić information content (AvgIpc) is 2.84. The highest BCUT2D eigenvalue weighted by Gasteiger charge is 2.17. The second kappa shape index (κ2) is 6.45. The fraction of sp³-hybridized carbons (Fsp3) is 0.118. The molecule has 3 aromatic rings. The van der Waals surface area contributed by atoms with Crippen molar-refractivity contribution in [2.75, 3.05) is 10.6 Å². The summed E-state index contributed by atoms with van der Waals surface area (Å²) in [6.45, 7) is 3.25. The molecule has 0 saturated heterocycles. The van der Waals surface area contributed by atoms with Crippen molar-refractivity contribution in [1.82, 2.24) is 9.38 Å². The summed E-state index contributed by atoms with van der Waals surface area (Å²) in [5.74, 6) is -0.385. The van der Waals surface area contributed by atoms with E-state index in [4.69, 9.17) is 0 Å². The Morgan fingerprint density at radius 1 is 1.04 bits per heavy atom.